The number of carbonyl (C=O) groups excluding carboxylic acids is 2. The maximum Gasteiger partial charge on any atom is 0.371 e. The van der Waals surface area contributed by atoms with Gasteiger partial charge in [-0.3, -0.25) is 19.7 Å². The monoisotopic (exact) mass is 526 g/mol. The molecular weight excluding hydrogens is 510 g/mol. The van der Waals surface area contributed by atoms with Crippen molar-refractivity contribution in [2.24, 2.45) is 0 Å². The molecule has 0 aliphatic carbocycles. The molecule has 13 heteroatoms. The number of para-hydroxylation sites is 2. The first kappa shape index (κ1) is 25.2. The average Bonchev–Trinajstić information content (AvgIpc) is 3.26. The number of nitrogens with one attached hydrogen (secondary N) is 4. The van der Waals surface area contributed by atoms with Crippen LogP contribution in [-0.2, 0) is 14.8 Å². The number of sulfonamides is 1. The van der Waals surface area contributed by atoms with Gasteiger partial charge in [-0.2, -0.15) is 0 Å². The number of Topliss-reactive ketones (excluding diaryl/α,β-unsaturated/α-hetero) is 2. The number of carboxylic acid groups (broad SMARTS) is 1. The summed E-state index contributed by atoms with van der Waals surface area (Å²) in [7, 11) is -4.57. The maximum atomic E-state index is 13.9. The first-order valence-electron chi connectivity index (χ1n) is 10.3. The van der Waals surface area contributed by atoms with E-state index in [0.29, 0.717) is 17.4 Å². The number of carbonyl (C=O) groups is 3. The number of hydrogen-bond acceptors (Lipinski definition) is 8. The van der Waals surface area contributed by atoms with Crippen molar-refractivity contribution in [3.8, 4) is 0 Å². The predicted octanol–water partition coefficient (Wildman–Crippen LogP) is 3.12. The van der Waals surface area contributed by atoms with Gasteiger partial charge in [0.05, 0.1) is 16.3 Å². The van der Waals surface area contributed by atoms with Gasteiger partial charge in [0.15, 0.2) is 0 Å². The molecule has 3 aromatic carbocycles. The molecule has 0 atom stereocenters. The van der Waals surface area contributed by atoms with Gasteiger partial charge in [-0.15, -0.1) is 0 Å². The fourth-order valence-corrected chi connectivity index (χ4v) is 4.49. The molecule has 4 rings (SSSR count). The summed E-state index contributed by atoms with van der Waals surface area (Å²) in [4.78, 5) is 37.3. The summed E-state index contributed by atoms with van der Waals surface area (Å²) in [6, 6.07) is 13.1. The third kappa shape index (κ3) is 5.21. The summed E-state index contributed by atoms with van der Waals surface area (Å²) >= 11 is 0. The molecule has 0 saturated carbocycles. The number of fused-ring (bicyclic) bond motifs is 1. The lowest BCUT2D eigenvalue weighted by atomic mass is 9.95. The van der Waals surface area contributed by atoms with Crippen LogP contribution in [0.15, 0.2) is 83.0 Å². The van der Waals surface area contributed by atoms with Crippen molar-refractivity contribution in [1.29, 1.82) is 5.41 Å². The molecule has 37 heavy (non-hydrogen) atoms. The maximum absolute atomic E-state index is 13.9. The van der Waals surface area contributed by atoms with Gasteiger partial charge in [0.25, 0.3) is 10.0 Å². The first-order chi connectivity index (χ1) is 17.5. The lowest BCUT2D eigenvalue weighted by Crippen LogP contribution is -2.35. The van der Waals surface area contributed by atoms with E-state index in [1.165, 1.54) is 12.1 Å². The van der Waals surface area contributed by atoms with Crippen LogP contribution in [0.2, 0.25) is 0 Å². The molecule has 0 aromatic heterocycles. The summed E-state index contributed by atoms with van der Waals surface area (Å²) in [5.74, 6) is -7.38. The topological polar surface area (TPSA) is 166 Å². The van der Waals surface area contributed by atoms with Crippen LogP contribution < -0.4 is 15.4 Å². The quantitative estimate of drug-likeness (QED) is 0.0816. The van der Waals surface area contributed by atoms with Crippen molar-refractivity contribution in [2.45, 2.75) is 4.90 Å². The second-order valence-corrected chi connectivity index (χ2v) is 9.36. The Labute approximate surface area is 208 Å². The van der Waals surface area contributed by atoms with E-state index in [4.69, 9.17) is 10.5 Å². The van der Waals surface area contributed by atoms with Crippen molar-refractivity contribution in [3.05, 3.63) is 101 Å². The van der Waals surface area contributed by atoms with Gasteiger partial charge >= 0.3 is 5.97 Å². The van der Waals surface area contributed by atoms with Crippen molar-refractivity contribution in [2.75, 3.05) is 10.6 Å². The molecule has 10 nitrogen and oxygen atoms in total. The number of halogens is 2. The highest BCUT2D eigenvalue weighted by Crippen LogP contribution is 2.33. The van der Waals surface area contributed by atoms with Crippen LogP contribution in [-0.4, -0.2) is 36.9 Å². The molecule has 0 amide bonds. The van der Waals surface area contributed by atoms with E-state index in [0.717, 1.165) is 24.3 Å². The second-order valence-electron chi connectivity index (χ2n) is 7.68. The van der Waals surface area contributed by atoms with Gasteiger partial charge in [0, 0.05) is 17.2 Å². The smallest absolute Gasteiger partial charge is 0.371 e. The van der Waals surface area contributed by atoms with Crippen molar-refractivity contribution < 1.29 is 36.7 Å². The number of allylic oxidation sites excluding steroid dienone is 1. The SMILES string of the molecule is N=C(NS(=O)(=O)c1cccc(C(=O)C(C(=O)c2cc(F)cc(F)c2)=C2Nc3ccccc3N2)c1)C(=O)O. The fraction of sp³-hybridized carbons (Fsp3) is 0. The molecule has 3 aromatic rings. The number of ketones is 2. The Morgan fingerprint density at radius 2 is 1.38 bits per heavy atom. The zero-order chi connectivity index (χ0) is 26.9. The standard InChI is InChI=1S/C24H16F2N4O6S/c25-14-8-13(9-15(26)11-14)21(32)19(23-28-17-6-1-2-7-18(17)29-23)20(31)12-4-3-5-16(10-12)37(35,36)30-22(27)24(33)34/h1-11,28-29H,(H2,27,30)(H,33,34). The Kier molecular flexibility index (Phi) is 6.55. The van der Waals surface area contributed by atoms with Gasteiger partial charge in [-0.1, -0.05) is 24.3 Å². The summed E-state index contributed by atoms with van der Waals surface area (Å²) in [6.07, 6.45) is 0. The van der Waals surface area contributed by atoms with E-state index < -0.39 is 61.1 Å². The largest absolute Gasteiger partial charge is 0.475 e. The van der Waals surface area contributed by atoms with E-state index >= 15 is 0 Å². The third-order valence-electron chi connectivity index (χ3n) is 5.13. The third-order valence-corrected chi connectivity index (χ3v) is 6.48. The molecule has 1 heterocycles. The number of benzene rings is 3. The number of hydrogen-bond donors (Lipinski definition) is 5. The van der Waals surface area contributed by atoms with E-state index in [9.17, 15) is 31.6 Å². The van der Waals surface area contributed by atoms with Crippen LogP contribution in [0.5, 0.6) is 0 Å². The Balaban J connectivity index is 1.80. The van der Waals surface area contributed by atoms with E-state index in [2.05, 4.69) is 10.6 Å². The van der Waals surface area contributed by atoms with Crippen LogP contribution in [0, 0.1) is 17.0 Å². The molecule has 188 valence electrons. The fourth-order valence-electron chi connectivity index (χ4n) is 3.47. The van der Waals surface area contributed by atoms with Crippen LogP contribution in [0.4, 0.5) is 20.2 Å². The van der Waals surface area contributed by atoms with Gasteiger partial charge < -0.3 is 15.7 Å². The molecule has 0 bridgehead atoms. The summed E-state index contributed by atoms with van der Waals surface area (Å²) in [6.45, 7) is 0. The second kappa shape index (κ2) is 9.62. The Bertz CT molecular complexity index is 1590. The number of rotatable bonds is 6. The average molecular weight is 526 g/mol. The zero-order valence-corrected chi connectivity index (χ0v) is 19.3. The first-order valence-corrected chi connectivity index (χ1v) is 11.8. The lowest BCUT2D eigenvalue weighted by molar-refractivity contribution is -0.129. The minimum Gasteiger partial charge on any atom is -0.475 e. The highest BCUT2D eigenvalue weighted by Gasteiger charge is 2.30. The zero-order valence-electron chi connectivity index (χ0n) is 18.5. The number of amidine groups is 1. The summed E-state index contributed by atoms with van der Waals surface area (Å²) < 4.78 is 54.3. The predicted molar refractivity (Wildman–Crippen MR) is 128 cm³/mol. The summed E-state index contributed by atoms with van der Waals surface area (Å²) in [5, 5.41) is 21.8. The molecule has 0 fully saturated rings. The highest BCUT2D eigenvalue weighted by atomic mass is 32.2. The Morgan fingerprint density at radius 1 is 0.811 bits per heavy atom. The van der Waals surface area contributed by atoms with Gasteiger partial charge in [-0.25, -0.2) is 22.0 Å². The van der Waals surface area contributed by atoms with E-state index in [1.54, 1.807) is 29.0 Å². The van der Waals surface area contributed by atoms with Crippen molar-refractivity contribution >= 4 is 44.8 Å². The van der Waals surface area contributed by atoms with Crippen molar-refractivity contribution in [3.63, 3.8) is 0 Å². The van der Waals surface area contributed by atoms with Crippen LogP contribution >= 0.6 is 0 Å². The lowest BCUT2D eigenvalue weighted by Gasteiger charge is -2.12. The molecule has 0 saturated heterocycles. The van der Waals surface area contributed by atoms with Crippen LogP contribution in [0.1, 0.15) is 20.7 Å². The molecule has 1 aliphatic rings. The minimum atomic E-state index is -4.57. The number of anilines is 2. The Morgan fingerprint density at radius 3 is 1.95 bits per heavy atom. The van der Waals surface area contributed by atoms with Crippen molar-refractivity contribution in [1.82, 2.24) is 4.72 Å². The molecule has 0 unspecified atom stereocenters. The Hall–Kier alpha value is -4.91. The molecular formula is C24H16F2N4O6S. The van der Waals surface area contributed by atoms with Gasteiger partial charge in [0.2, 0.25) is 17.4 Å². The van der Waals surface area contributed by atoms with E-state index in [1.807, 2.05) is 0 Å². The van der Waals surface area contributed by atoms with Gasteiger partial charge in [0.1, 0.15) is 23.0 Å². The van der Waals surface area contributed by atoms with E-state index in [-0.39, 0.29) is 11.4 Å². The van der Waals surface area contributed by atoms with Gasteiger partial charge in [-0.05, 0) is 36.4 Å². The molecule has 1 aliphatic heterocycles. The molecule has 5 N–H and O–H groups in total. The number of carboxylic acids is 1. The van der Waals surface area contributed by atoms with Crippen LogP contribution in [0.3, 0.4) is 0 Å². The minimum absolute atomic E-state index is 0.0973. The normalized spacial score (nSPS) is 12.1. The molecule has 0 spiro atoms. The summed E-state index contributed by atoms with van der Waals surface area (Å²) in [5.41, 5.74) is -0.324. The van der Waals surface area contributed by atoms with Crippen LogP contribution in [0.25, 0.3) is 0 Å². The number of aliphatic carboxylic acids is 1. The highest BCUT2D eigenvalue weighted by molar-refractivity contribution is 7.90. The molecule has 0 radical (unpaired) electrons.